The Bertz CT molecular complexity index is 1830. The highest BCUT2D eigenvalue weighted by Crippen LogP contribution is 2.38. The molecule has 0 atom stereocenters. The van der Waals surface area contributed by atoms with E-state index >= 15 is 0 Å². The van der Waals surface area contributed by atoms with Crippen molar-refractivity contribution in [3.63, 3.8) is 0 Å². The van der Waals surface area contributed by atoms with Gasteiger partial charge in [0.15, 0.2) is 0 Å². The van der Waals surface area contributed by atoms with E-state index in [0.717, 1.165) is 40.6 Å². The minimum absolute atomic E-state index is 0.107. The molecule has 2 aliphatic rings. The molecule has 5 nitrogen and oxygen atoms in total. The lowest BCUT2D eigenvalue weighted by Crippen LogP contribution is -2.43. The topological polar surface area (TPSA) is 53.0 Å². The number of aliphatic imine (C=N–C) groups is 1. The molecule has 0 bridgehead atoms. The molecule has 1 saturated heterocycles. The Hall–Kier alpha value is -4.86. The summed E-state index contributed by atoms with van der Waals surface area (Å²) in [5.41, 5.74) is 2.65. The highest BCUT2D eigenvalue weighted by molar-refractivity contribution is 6.23. The van der Waals surface area contributed by atoms with Crippen LogP contribution in [-0.2, 0) is 30.4 Å². The van der Waals surface area contributed by atoms with Crippen LogP contribution in [0.3, 0.4) is 0 Å². The summed E-state index contributed by atoms with van der Waals surface area (Å²) in [7, 11) is 0. The minimum atomic E-state index is -5.02. The molecular formula is C34H26F5N3O2. The Morgan fingerprint density at radius 3 is 2.30 bits per heavy atom. The van der Waals surface area contributed by atoms with E-state index in [1.165, 1.54) is 36.9 Å². The van der Waals surface area contributed by atoms with Crippen LogP contribution in [0, 0.1) is 11.6 Å². The zero-order chi connectivity index (χ0) is 31.4. The number of halogens is 5. The Kier molecular flexibility index (Phi) is 7.10. The molecule has 0 radical (unpaired) electrons. The van der Waals surface area contributed by atoms with Gasteiger partial charge in [-0.1, -0.05) is 48.5 Å². The van der Waals surface area contributed by atoms with Gasteiger partial charge < -0.3 is 4.90 Å². The summed E-state index contributed by atoms with van der Waals surface area (Å²) < 4.78 is 68.4. The number of fused-ring (bicyclic) bond motifs is 1. The van der Waals surface area contributed by atoms with E-state index in [1.54, 1.807) is 0 Å². The van der Waals surface area contributed by atoms with E-state index in [0.29, 0.717) is 34.6 Å². The fraction of sp³-hybridized carbons (Fsp3) is 0.206. The van der Waals surface area contributed by atoms with Crippen molar-refractivity contribution in [3.8, 4) is 0 Å². The number of imide groups is 1. The predicted molar refractivity (Wildman–Crippen MR) is 156 cm³/mol. The Balaban J connectivity index is 1.25. The molecule has 10 heteroatoms. The molecule has 2 heterocycles. The molecule has 4 aromatic carbocycles. The van der Waals surface area contributed by atoms with Crippen molar-refractivity contribution >= 4 is 29.0 Å². The molecule has 0 saturated carbocycles. The van der Waals surface area contributed by atoms with Crippen LogP contribution in [0.2, 0.25) is 0 Å². The molecule has 0 spiro atoms. The van der Waals surface area contributed by atoms with Crippen LogP contribution in [0.4, 0.5) is 38.1 Å². The van der Waals surface area contributed by atoms with Crippen LogP contribution in [0.5, 0.6) is 0 Å². The normalized spacial score (nSPS) is 16.0. The quantitative estimate of drug-likeness (QED) is 0.166. The summed E-state index contributed by atoms with van der Waals surface area (Å²) in [6.07, 6.45) is -3.96. The summed E-state index contributed by atoms with van der Waals surface area (Å²) in [6.45, 7) is 2.85. The van der Waals surface area contributed by atoms with Gasteiger partial charge >= 0.3 is 12.2 Å². The average Bonchev–Trinajstić information content (AvgIpc) is 3.48. The number of carbonyl (C=O) groups is 2. The molecule has 3 amide bonds. The van der Waals surface area contributed by atoms with Crippen LogP contribution in [-0.4, -0.2) is 28.1 Å². The van der Waals surface area contributed by atoms with E-state index in [9.17, 15) is 31.5 Å². The van der Waals surface area contributed by atoms with Gasteiger partial charge in [-0.3, -0.25) is 9.79 Å². The summed E-state index contributed by atoms with van der Waals surface area (Å²) in [6, 6.07) is 21.0. The maximum Gasteiger partial charge on any atom is 0.419 e. The standard InChI is InChI=1S/C34H26F5N3O2/c1-33(2)31(43)42(26-13-14-28(36)27(18-26)34(37,38)39)32(44)41(33)19-23-11-12-25(35)16-24(23)15-20-7-9-21(10-8-20)30-17-22-5-3-4-6-29(22)40-30/h3-14,16,18H,15,17,19H2,1-2H3. The average molecular weight is 604 g/mol. The van der Waals surface area contributed by atoms with Crippen molar-refractivity contribution in [1.29, 1.82) is 0 Å². The van der Waals surface area contributed by atoms with Crippen molar-refractivity contribution < 1.29 is 31.5 Å². The lowest BCUT2D eigenvalue weighted by atomic mass is 9.96. The van der Waals surface area contributed by atoms with E-state index in [-0.39, 0.29) is 6.54 Å². The molecule has 1 fully saturated rings. The minimum Gasteiger partial charge on any atom is -0.305 e. The van der Waals surface area contributed by atoms with Gasteiger partial charge in [0.05, 0.1) is 22.6 Å². The first-order chi connectivity index (χ1) is 20.8. The number of anilines is 1. The van der Waals surface area contributed by atoms with Crippen molar-refractivity contribution in [2.24, 2.45) is 4.99 Å². The van der Waals surface area contributed by atoms with Crippen LogP contribution in [0.1, 0.15) is 47.2 Å². The van der Waals surface area contributed by atoms with Crippen LogP contribution < -0.4 is 4.90 Å². The van der Waals surface area contributed by atoms with Crippen LogP contribution in [0.25, 0.3) is 0 Å². The van der Waals surface area contributed by atoms with Crippen molar-refractivity contribution in [2.75, 3.05) is 4.90 Å². The molecule has 224 valence electrons. The number of para-hydroxylation sites is 1. The first-order valence-electron chi connectivity index (χ1n) is 13.9. The third-order valence-electron chi connectivity index (χ3n) is 8.12. The van der Waals surface area contributed by atoms with Crippen LogP contribution >= 0.6 is 0 Å². The molecule has 0 aliphatic carbocycles. The van der Waals surface area contributed by atoms with Crippen molar-refractivity contribution in [2.45, 2.75) is 44.9 Å². The van der Waals surface area contributed by atoms with Gasteiger partial charge in [-0.2, -0.15) is 13.2 Å². The number of hydrogen-bond donors (Lipinski definition) is 0. The highest BCUT2D eigenvalue weighted by Gasteiger charge is 2.52. The zero-order valence-electron chi connectivity index (χ0n) is 23.8. The van der Waals surface area contributed by atoms with Gasteiger partial charge in [0, 0.05) is 13.0 Å². The second kappa shape index (κ2) is 10.7. The highest BCUT2D eigenvalue weighted by atomic mass is 19.4. The number of rotatable bonds is 6. The fourth-order valence-corrected chi connectivity index (χ4v) is 5.62. The molecule has 44 heavy (non-hydrogen) atoms. The van der Waals surface area contributed by atoms with Gasteiger partial charge in [0.1, 0.15) is 17.2 Å². The number of hydrogen-bond acceptors (Lipinski definition) is 3. The van der Waals surface area contributed by atoms with E-state index < -0.39 is 46.5 Å². The lowest BCUT2D eigenvalue weighted by molar-refractivity contribution is -0.140. The zero-order valence-corrected chi connectivity index (χ0v) is 23.8. The van der Waals surface area contributed by atoms with Crippen LogP contribution in [0.15, 0.2) is 89.9 Å². The van der Waals surface area contributed by atoms with Gasteiger partial charge in [0.25, 0.3) is 5.91 Å². The molecule has 2 aliphatic heterocycles. The first-order valence-corrected chi connectivity index (χ1v) is 13.9. The van der Waals surface area contributed by atoms with Gasteiger partial charge in [-0.15, -0.1) is 0 Å². The maximum absolute atomic E-state index is 14.4. The summed E-state index contributed by atoms with van der Waals surface area (Å²) >= 11 is 0. The van der Waals surface area contributed by atoms with Crippen molar-refractivity contribution in [3.05, 3.63) is 130 Å². The number of nitrogens with zero attached hydrogens (tertiary/aromatic N) is 3. The summed E-state index contributed by atoms with van der Waals surface area (Å²) in [5, 5.41) is 0. The van der Waals surface area contributed by atoms with E-state index in [1.807, 2.05) is 48.5 Å². The maximum atomic E-state index is 14.4. The fourth-order valence-electron chi connectivity index (χ4n) is 5.62. The smallest absolute Gasteiger partial charge is 0.305 e. The number of alkyl halides is 3. The van der Waals surface area contributed by atoms with Gasteiger partial charge in [-0.25, -0.2) is 18.5 Å². The molecule has 4 aromatic rings. The number of urea groups is 1. The van der Waals surface area contributed by atoms with Gasteiger partial charge in [0.2, 0.25) is 0 Å². The van der Waals surface area contributed by atoms with E-state index in [4.69, 9.17) is 4.99 Å². The second-order valence-corrected chi connectivity index (χ2v) is 11.4. The lowest BCUT2D eigenvalue weighted by Gasteiger charge is -2.28. The third-order valence-corrected chi connectivity index (χ3v) is 8.12. The van der Waals surface area contributed by atoms with E-state index in [2.05, 4.69) is 0 Å². The first kappa shape index (κ1) is 29.2. The SMILES string of the molecule is CC1(C)C(=O)N(c2ccc(F)c(C(F)(F)F)c2)C(=O)N1Cc1ccc(F)cc1Cc1ccc(C2=Nc3ccccc3C2)cc1. The second-order valence-electron chi connectivity index (χ2n) is 11.4. The monoisotopic (exact) mass is 603 g/mol. The summed E-state index contributed by atoms with van der Waals surface area (Å²) in [4.78, 5) is 33.4. The van der Waals surface area contributed by atoms with Crippen molar-refractivity contribution in [1.82, 2.24) is 4.90 Å². The molecule has 6 rings (SSSR count). The molecule has 0 unspecified atom stereocenters. The molecule has 0 aromatic heterocycles. The molecule has 0 N–H and O–H groups in total. The Morgan fingerprint density at radius 1 is 0.864 bits per heavy atom. The predicted octanol–water partition coefficient (Wildman–Crippen LogP) is 8.00. The Morgan fingerprint density at radius 2 is 1.59 bits per heavy atom. The number of carbonyl (C=O) groups excluding carboxylic acids is 2. The molecular weight excluding hydrogens is 577 g/mol. The summed E-state index contributed by atoms with van der Waals surface area (Å²) in [5.74, 6) is -2.76. The number of amides is 3. The number of benzene rings is 4. The third kappa shape index (κ3) is 5.25. The Labute approximate surface area is 250 Å². The largest absolute Gasteiger partial charge is 0.419 e. The van der Waals surface area contributed by atoms with Gasteiger partial charge in [-0.05, 0) is 84.5 Å².